The van der Waals surface area contributed by atoms with Crippen molar-refractivity contribution in [1.29, 1.82) is 0 Å². The lowest BCUT2D eigenvalue weighted by atomic mass is 10.0. The number of carbonyl (C=O) groups excluding carboxylic acids is 1. The van der Waals surface area contributed by atoms with Gasteiger partial charge in [0, 0.05) is 31.7 Å². The number of piperazine rings is 1. The number of amides is 1. The van der Waals surface area contributed by atoms with Gasteiger partial charge in [0.1, 0.15) is 11.8 Å². The highest BCUT2D eigenvalue weighted by Gasteiger charge is 2.35. The lowest BCUT2D eigenvalue weighted by Gasteiger charge is -2.39. The molecule has 164 valence electrons. The van der Waals surface area contributed by atoms with Gasteiger partial charge in [-0.05, 0) is 49.4 Å². The molecule has 0 N–H and O–H groups in total. The lowest BCUT2D eigenvalue weighted by molar-refractivity contribution is 0.0554. The number of rotatable bonds is 5. The monoisotopic (exact) mass is 424 g/mol. The summed E-state index contributed by atoms with van der Waals surface area (Å²) in [6.45, 7) is 8.74. The fraction of sp³-hybridized carbons (Fsp3) is 0.455. The topological polar surface area (TPSA) is 89.5 Å². The van der Waals surface area contributed by atoms with Gasteiger partial charge < -0.3 is 14.1 Å². The molecule has 1 aliphatic rings. The van der Waals surface area contributed by atoms with Crippen LogP contribution in [0, 0.1) is 0 Å². The predicted molar refractivity (Wildman–Crippen MR) is 114 cm³/mol. The summed E-state index contributed by atoms with van der Waals surface area (Å²) in [5.74, 6) is 1.82. The zero-order valence-corrected chi connectivity index (χ0v) is 18.4. The SMILES string of the molecule is COc1ccccc1[C@@H](c1nnnn1C(C)(C)C)N1CCN(C(=O)c2ccco2)CC1. The normalized spacial score (nSPS) is 16.3. The molecule has 3 heterocycles. The zero-order chi connectivity index (χ0) is 22.0. The Morgan fingerprint density at radius 3 is 2.48 bits per heavy atom. The van der Waals surface area contributed by atoms with Crippen LogP contribution in [0.4, 0.5) is 0 Å². The molecular formula is C22H28N6O3. The van der Waals surface area contributed by atoms with Crippen molar-refractivity contribution >= 4 is 5.91 Å². The second-order valence-corrected chi connectivity index (χ2v) is 8.57. The standard InChI is InChI=1S/C22H28N6O3/c1-22(2,3)28-20(23-24-25-28)19(16-8-5-6-9-17(16)30-4)26-11-13-27(14-12-26)21(29)18-10-7-15-31-18/h5-10,15,19H,11-14H2,1-4H3/t19-/m0/s1. The van der Waals surface area contributed by atoms with Crippen LogP contribution in [-0.4, -0.2) is 69.2 Å². The van der Waals surface area contributed by atoms with Crippen molar-refractivity contribution in [3.8, 4) is 5.75 Å². The molecule has 1 fully saturated rings. The first kappa shape index (κ1) is 21.0. The third-order valence-electron chi connectivity index (χ3n) is 5.51. The van der Waals surface area contributed by atoms with Gasteiger partial charge in [-0.2, -0.15) is 0 Å². The van der Waals surface area contributed by atoms with Crippen LogP contribution in [0.1, 0.15) is 48.8 Å². The molecule has 9 heteroatoms. The summed E-state index contributed by atoms with van der Waals surface area (Å²) in [6.07, 6.45) is 1.52. The molecule has 0 spiro atoms. The van der Waals surface area contributed by atoms with E-state index in [9.17, 15) is 4.79 Å². The number of para-hydroxylation sites is 1. The summed E-state index contributed by atoms with van der Waals surface area (Å²) in [6, 6.07) is 11.2. The number of hydrogen-bond acceptors (Lipinski definition) is 7. The molecule has 1 amide bonds. The van der Waals surface area contributed by atoms with Crippen molar-refractivity contribution in [2.45, 2.75) is 32.4 Å². The lowest BCUT2D eigenvalue weighted by Crippen LogP contribution is -2.50. The predicted octanol–water partition coefficient (Wildman–Crippen LogP) is 2.58. The van der Waals surface area contributed by atoms with E-state index in [0.29, 0.717) is 31.9 Å². The van der Waals surface area contributed by atoms with Crippen LogP contribution in [0.2, 0.25) is 0 Å². The average Bonchev–Trinajstić information content (AvgIpc) is 3.47. The maximum Gasteiger partial charge on any atom is 0.289 e. The van der Waals surface area contributed by atoms with Crippen LogP contribution >= 0.6 is 0 Å². The maximum atomic E-state index is 12.7. The summed E-state index contributed by atoms with van der Waals surface area (Å²) < 4.78 is 12.8. The minimum atomic E-state index is -0.282. The van der Waals surface area contributed by atoms with Crippen LogP contribution in [0.5, 0.6) is 5.75 Å². The first-order valence-electron chi connectivity index (χ1n) is 10.4. The van der Waals surface area contributed by atoms with Crippen LogP contribution in [0.3, 0.4) is 0 Å². The fourth-order valence-electron chi connectivity index (χ4n) is 3.97. The first-order chi connectivity index (χ1) is 14.9. The molecule has 31 heavy (non-hydrogen) atoms. The molecule has 0 radical (unpaired) electrons. The van der Waals surface area contributed by atoms with Gasteiger partial charge in [-0.25, -0.2) is 4.68 Å². The van der Waals surface area contributed by atoms with E-state index in [1.165, 1.54) is 6.26 Å². The number of tetrazole rings is 1. The molecule has 0 aliphatic carbocycles. The third-order valence-corrected chi connectivity index (χ3v) is 5.51. The number of furan rings is 1. The molecule has 1 aromatic carbocycles. The smallest absolute Gasteiger partial charge is 0.289 e. The molecule has 1 saturated heterocycles. The number of methoxy groups -OCH3 is 1. The molecule has 2 aromatic heterocycles. The van der Waals surface area contributed by atoms with Crippen molar-refractivity contribution in [3.05, 3.63) is 59.8 Å². The van der Waals surface area contributed by atoms with E-state index >= 15 is 0 Å². The summed E-state index contributed by atoms with van der Waals surface area (Å²) >= 11 is 0. The highest BCUT2D eigenvalue weighted by molar-refractivity contribution is 5.91. The van der Waals surface area contributed by atoms with E-state index in [0.717, 1.165) is 17.1 Å². The van der Waals surface area contributed by atoms with E-state index in [1.54, 1.807) is 19.2 Å². The average molecular weight is 425 g/mol. The Bertz CT molecular complexity index is 1020. The molecule has 0 bridgehead atoms. The van der Waals surface area contributed by atoms with Crippen LogP contribution < -0.4 is 4.74 Å². The molecular weight excluding hydrogens is 396 g/mol. The quantitative estimate of drug-likeness (QED) is 0.622. The summed E-state index contributed by atoms with van der Waals surface area (Å²) in [4.78, 5) is 16.8. The summed E-state index contributed by atoms with van der Waals surface area (Å²) in [5.41, 5.74) is 0.715. The van der Waals surface area contributed by atoms with Crippen LogP contribution in [0.15, 0.2) is 47.1 Å². The van der Waals surface area contributed by atoms with E-state index in [1.807, 2.05) is 33.8 Å². The van der Waals surface area contributed by atoms with Crippen molar-refractivity contribution in [2.24, 2.45) is 0 Å². The van der Waals surface area contributed by atoms with Gasteiger partial charge in [-0.1, -0.05) is 18.2 Å². The minimum absolute atomic E-state index is 0.0852. The Labute approximate surface area is 181 Å². The van der Waals surface area contributed by atoms with Crippen LogP contribution in [0.25, 0.3) is 0 Å². The molecule has 1 aliphatic heterocycles. The Balaban J connectivity index is 1.65. The van der Waals surface area contributed by atoms with Crippen molar-refractivity contribution in [1.82, 2.24) is 30.0 Å². The van der Waals surface area contributed by atoms with Gasteiger partial charge in [0.25, 0.3) is 5.91 Å². The van der Waals surface area contributed by atoms with E-state index in [4.69, 9.17) is 9.15 Å². The molecule has 1 atom stereocenters. The van der Waals surface area contributed by atoms with Gasteiger partial charge in [-0.15, -0.1) is 5.10 Å². The highest BCUT2D eigenvalue weighted by atomic mass is 16.5. The number of carbonyl (C=O) groups is 1. The highest BCUT2D eigenvalue weighted by Crippen LogP contribution is 2.35. The molecule has 0 saturated carbocycles. The summed E-state index contributed by atoms with van der Waals surface area (Å²) in [7, 11) is 1.67. The van der Waals surface area contributed by atoms with Gasteiger partial charge in [0.05, 0.1) is 18.9 Å². The van der Waals surface area contributed by atoms with Crippen molar-refractivity contribution < 1.29 is 13.9 Å². The van der Waals surface area contributed by atoms with E-state index in [-0.39, 0.29) is 17.5 Å². The third kappa shape index (κ3) is 4.18. The Morgan fingerprint density at radius 2 is 1.84 bits per heavy atom. The van der Waals surface area contributed by atoms with Gasteiger partial charge >= 0.3 is 0 Å². The minimum Gasteiger partial charge on any atom is -0.496 e. The molecule has 0 unspecified atom stereocenters. The molecule has 3 aromatic rings. The second-order valence-electron chi connectivity index (χ2n) is 8.57. The maximum absolute atomic E-state index is 12.7. The van der Waals surface area contributed by atoms with Gasteiger partial charge in [0.2, 0.25) is 0 Å². The molecule has 4 rings (SSSR count). The number of hydrogen-bond donors (Lipinski definition) is 0. The van der Waals surface area contributed by atoms with Gasteiger partial charge in [-0.3, -0.25) is 9.69 Å². The van der Waals surface area contributed by atoms with E-state index in [2.05, 4.69) is 41.2 Å². The number of aromatic nitrogens is 4. The Kier molecular flexibility index (Phi) is 5.77. The number of ether oxygens (including phenoxy) is 1. The fourth-order valence-corrected chi connectivity index (χ4v) is 3.97. The largest absolute Gasteiger partial charge is 0.496 e. The Hall–Kier alpha value is -3.20. The number of benzene rings is 1. The van der Waals surface area contributed by atoms with Gasteiger partial charge in [0.15, 0.2) is 11.6 Å². The number of nitrogens with zero attached hydrogens (tertiary/aromatic N) is 6. The van der Waals surface area contributed by atoms with Crippen molar-refractivity contribution in [2.75, 3.05) is 33.3 Å². The Morgan fingerprint density at radius 1 is 1.10 bits per heavy atom. The second kappa shape index (κ2) is 8.50. The molecule has 9 nitrogen and oxygen atoms in total. The van der Waals surface area contributed by atoms with Crippen LogP contribution in [-0.2, 0) is 5.54 Å². The summed E-state index contributed by atoms with van der Waals surface area (Å²) in [5, 5.41) is 12.7. The zero-order valence-electron chi connectivity index (χ0n) is 18.4. The first-order valence-corrected chi connectivity index (χ1v) is 10.4. The van der Waals surface area contributed by atoms with E-state index < -0.39 is 0 Å². The van der Waals surface area contributed by atoms with Crippen molar-refractivity contribution in [3.63, 3.8) is 0 Å².